The first-order chi connectivity index (χ1) is 5.40. The molecule has 0 bridgehead atoms. The molecule has 0 amide bonds. The van der Waals surface area contributed by atoms with E-state index in [4.69, 9.17) is 0 Å². The second kappa shape index (κ2) is 3.68. The smallest absolute Gasteiger partial charge is 0.545 e. The Kier molecular flexibility index (Phi) is 3.53. The van der Waals surface area contributed by atoms with Gasteiger partial charge in [-0.25, -0.2) is 0 Å². The minimum Gasteiger partial charge on any atom is -0.545 e. The predicted molar refractivity (Wildman–Crippen MR) is 23.5 cm³/mol. The van der Waals surface area contributed by atoms with Crippen LogP contribution in [0.25, 0.3) is 0 Å². The average Bonchev–Trinajstić information content (AvgIpc) is 2.31. The average molecular weight is 204 g/mol. The third kappa shape index (κ3) is 1.86. The first kappa shape index (κ1) is 12.5. The Hall–Kier alpha value is -0.540. The number of hydrogen-bond donors (Lipinski definition) is 0. The number of alkyl halides is 3. The van der Waals surface area contributed by atoms with Gasteiger partial charge in [0.05, 0.1) is 0 Å². The molecule has 13 heavy (non-hydrogen) atoms. The molecule has 0 N–H and O–H groups in total. The number of nitrogens with zero attached hydrogens (tertiary/aromatic N) is 4. The number of halogens is 3. The molecule has 0 unspecified atom stereocenters. The van der Waals surface area contributed by atoms with E-state index in [1.54, 1.807) is 0 Å². The van der Waals surface area contributed by atoms with Crippen molar-refractivity contribution in [3.8, 4) is 0 Å². The van der Waals surface area contributed by atoms with Gasteiger partial charge < -0.3 is 9.90 Å². The van der Waals surface area contributed by atoms with Gasteiger partial charge in [0.2, 0.25) is 0 Å². The van der Waals surface area contributed by atoms with E-state index in [1.807, 2.05) is 0 Å². The standard InChI is InChI=1S/C3HF3N4O2.Na/c4-3(5,6)2(1(11)12)7-9-10-8-2;/h(H,11,12);/q;+1/p-1. The minimum absolute atomic E-state index is 0. The van der Waals surface area contributed by atoms with E-state index >= 15 is 0 Å². The van der Waals surface area contributed by atoms with Crippen LogP contribution in [0.3, 0.4) is 0 Å². The van der Waals surface area contributed by atoms with Crippen LogP contribution in [-0.4, -0.2) is 17.8 Å². The maximum absolute atomic E-state index is 11.9. The zero-order valence-corrected chi connectivity index (χ0v) is 8.24. The first-order valence-electron chi connectivity index (χ1n) is 2.52. The van der Waals surface area contributed by atoms with Crippen molar-refractivity contribution < 1.29 is 52.6 Å². The molecule has 0 aromatic heterocycles. The van der Waals surface area contributed by atoms with Crippen LogP contribution < -0.4 is 34.7 Å². The molecule has 0 saturated heterocycles. The summed E-state index contributed by atoms with van der Waals surface area (Å²) in [7, 11) is 0. The number of carboxylic acids is 1. The van der Waals surface area contributed by atoms with Crippen molar-refractivity contribution in [2.45, 2.75) is 11.8 Å². The van der Waals surface area contributed by atoms with E-state index in [0.29, 0.717) is 0 Å². The quantitative estimate of drug-likeness (QED) is 0.421. The van der Waals surface area contributed by atoms with Crippen molar-refractivity contribution in [3.05, 3.63) is 0 Å². The van der Waals surface area contributed by atoms with Crippen LogP contribution in [0.4, 0.5) is 13.2 Å². The fraction of sp³-hybridized carbons (Fsp3) is 0.667. The van der Waals surface area contributed by atoms with E-state index in [-0.39, 0.29) is 29.6 Å². The molecule has 1 aliphatic heterocycles. The van der Waals surface area contributed by atoms with Gasteiger partial charge >= 0.3 is 41.4 Å². The van der Waals surface area contributed by atoms with Crippen LogP contribution >= 0.6 is 0 Å². The van der Waals surface area contributed by atoms with Crippen molar-refractivity contribution in [1.82, 2.24) is 0 Å². The van der Waals surface area contributed by atoms with Crippen LogP contribution in [0.2, 0.25) is 0 Å². The number of rotatable bonds is 1. The Morgan fingerprint density at radius 1 is 1.23 bits per heavy atom. The van der Waals surface area contributed by atoms with Crippen LogP contribution in [-0.2, 0) is 4.79 Å². The molecule has 0 spiro atoms. The maximum Gasteiger partial charge on any atom is 1.00 e. The summed E-state index contributed by atoms with van der Waals surface area (Å²) >= 11 is 0. The predicted octanol–water partition coefficient (Wildman–Crippen LogP) is -3.17. The van der Waals surface area contributed by atoms with Gasteiger partial charge in [-0.2, -0.15) is 13.2 Å². The Balaban J connectivity index is 0.00000144. The van der Waals surface area contributed by atoms with E-state index in [0.717, 1.165) is 0 Å². The summed E-state index contributed by atoms with van der Waals surface area (Å²) < 4.78 is 35.8. The summed E-state index contributed by atoms with van der Waals surface area (Å²) in [5, 5.41) is 19.7. The molecule has 0 atom stereocenters. The van der Waals surface area contributed by atoms with Crippen molar-refractivity contribution in [2.75, 3.05) is 0 Å². The SMILES string of the molecule is O=C([O-])C1(C(F)(F)F)N=NN=N1.[Na+]. The molecule has 0 radical (unpaired) electrons. The van der Waals surface area contributed by atoms with E-state index in [9.17, 15) is 23.1 Å². The zero-order valence-electron chi connectivity index (χ0n) is 6.24. The van der Waals surface area contributed by atoms with Crippen LogP contribution in [0.5, 0.6) is 0 Å². The van der Waals surface area contributed by atoms with Crippen molar-refractivity contribution in [3.63, 3.8) is 0 Å². The number of carboxylic acid groups (broad SMARTS) is 1. The summed E-state index contributed by atoms with van der Waals surface area (Å²) in [5.41, 5.74) is -3.65. The monoisotopic (exact) mass is 204 g/mol. The second-order valence-electron chi connectivity index (χ2n) is 1.84. The minimum atomic E-state index is -5.19. The molecule has 66 valence electrons. The summed E-state index contributed by atoms with van der Waals surface area (Å²) in [4.78, 5) is 10.0. The zero-order chi connectivity index (χ0) is 9.41. The molecule has 0 fully saturated rings. The molecule has 6 nitrogen and oxygen atoms in total. The molecular weight excluding hydrogens is 204 g/mol. The fourth-order valence-corrected chi connectivity index (χ4v) is 0.500. The summed E-state index contributed by atoms with van der Waals surface area (Å²) in [6.07, 6.45) is -5.19. The topological polar surface area (TPSA) is 89.6 Å². The maximum atomic E-state index is 11.9. The van der Waals surface area contributed by atoms with Crippen molar-refractivity contribution in [1.29, 1.82) is 0 Å². The molecular formula is C3F3N4NaO2. The Morgan fingerprint density at radius 2 is 1.62 bits per heavy atom. The number of carbonyl (C=O) groups is 1. The largest absolute Gasteiger partial charge is 1.00 e. The van der Waals surface area contributed by atoms with Gasteiger partial charge in [-0.3, -0.25) is 0 Å². The third-order valence-corrected chi connectivity index (χ3v) is 1.10. The normalized spacial score (nSPS) is 18.4. The number of carbonyl (C=O) groups excluding carboxylic acids is 1. The fourth-order valence-electron chi connectivity index (χ4n) is 0.500. The van der Waals surface area contributed by atoms with Gasteiger partial charge in [0, 0.05) is 0 Å². The van der Waals surface area contributed by atoms with Gasteiger partial charge in [-0.1, -0.05) is 0 Å². The molecule has 0 aliphatic carbocycles. The number of aliphatic carboxylic acids is 1. The molecule has 1 aliphatic rings. The van der Waals surface area contributed by atoms with Crippen molar-refractivity contribution in [2.24, 2.45) is 20.7 Å². The number of hydrogen-bond acceptors (Lipinski definition) is 6. The Morgan fingerprint density at radius 3 is 1.77 bits per heavy atom. The summed E-state index contributed by atoms with van der Waals surface area (Å²) in [6, 6.07) is 0. The Bertz CT molecular complexity index is 262. The van der Waals surface area contributed by atoms with Crippen LogP contribution in [0, 0.1) is 0 Å². The molecule has 0 saturated carbocycles. The van der Waals surface area contributed by atoms with Crippen LogP contribution in [0.1, 0.15) is 0 Å². The van der Waals surface area contributed by atoms with Crippen LogP contribution in [0.15, 0.2) is 20.7 Å². The molecule has 0 aromatic carbocycles. The van der Waals surface area contributed by atoms with Gasteiger partial charge in [-0.15, -0.1) is 10.2 Å². The van der Waals surface area contributed by atoms with Gasteiger partial charge in [0.1, 0.15) is 5.97 Å². The van der Waals surface area contributed by atoms with Gasteiger partial charge in [0.25, 0.3) is 0 Å². The first-order valence-corrected chi connectivity index (χ1v) is 2.52. The molecule has 0 aromatic rings. The summed E-state index contributed by atoms with van der Waals surface area (Å²) in [5.74, 6) is -2.50. The van der Waals surface area contributed by atoms with E-state index in [1.165, 1.54) is 0 Å². The Labute approximate surface area is 91.2 Å². The van der Waals surface area contributed by atoms with Crippen molar-refractivity contribution >= 4 is 5.97 Å². The van der Waals surface area contributed by atoms with Gasteiger partial charge in [0.15, 0.2) is 0 Å². The van der Waals surface area contributed by atoms with E-state index < -0.39 is 17.8 Å². The second-order valence-corrected chi connectivity index (χ2v) is 1.84. The molecule has 1 heterocycles. The third-order valence-electron chi connectivity index (χ3n) is 1.10. The molecule has 10 heteroatoms. The molecule has 1 rings (SSSR count). The van der Waals surface area contributed by atoms with E-state index in [2.05, 4.69) is 20.7 Å². The van der Waals surface area contributed by atoms with Gasteiger partial charge in [-0.05, 0) is 10.4 Å². The summed E-state index contributed by atoms with van der Waals surface area (Å²) in [6.45, 7) is 0.